The van der Waals surface area contributed by atoms with Crippen molar-refractivity contribution in [2.24, 2.45) is 5.73 Å². The highest BCUT2D eigenvalue weighted by Crippen LogP contribution is 2.17. The third-order valence-corrected chi connectivity index (χ3v) is 2.48. The molecule has 2 nitrogen and oxygen atoms in total. The third kappa shape index (κ3) is 2.89. The van der Waals surface area contributed by atoms with Gasteiger partial charge < -0.3 is 5.73 Å². The highest BCUT2D eigenvalue weighted by atomic mass is 79.9. The Hall–Kier alpha value is -0.740. The molecule has 2 N–H and O–H groups in total. The van der Waals surface area contributed by atoms with E-state index in [0.29, 0.717) is 4.47 Å². The molecule has 0 radical (unpaired) electrons. The van der Waals surface area contributed by atoms with E-state index in [2.05, 4.69) is 15.9 Å². The minimum absolute atomic E-state index is 0.0523. The second-order valence-corrected chi connectivity index (χ2v) is 4.03. The van der Waals surface area contributed by atoms with Crippen LogP contribution in [0.15, 0.2) is 22.7 Å². The molecule has 1 aromatic rings. The topological polar surface area (TPSA) is 43.1 Å². The zero-order chi connectivity index (χ0) is 10.7. The van der Waals surface area contributed by atoms with E-state index in [-0.39, 0.29) is 18.0 Å². The van der Waals surface area contributed by atoms with E-state index in [4.69, 9.17) is 5.73 Å². The van der Waals surface area contributed by atoms with Gasteiger partial charge in [-0.25, -0.2) is 4.39 Å². The summed E-state index contributed by atoms with van der Waals surface area (Å²) in [5, 5.41) is 0. The van der Waals surface area contributed by atoms with E-state index in [1.165, 1.54) is 6.07 Å². The lowest BCUT2D eigenvalue weighted by atomic mass is 10.1. The summed E-state index contributed by atoms with van der Waals surface area (Å²) in [6, 6.07) is 4.03. The molecular formula is C10H11BrFNO. The van der Waals surface area contributed by atoms with Gasteiger partial charge in [0.2, 0.25) is 0 Å². The predicted molar refractivity (Wildman–Crippen MR) is 56.5 cm³/mol. The molecule has 1 unspecified atom stereocenters. The number of carbonyl (C=O) groups excluding carboxylic acids is 1. The molecule has 0 amide bonds. The first kappa shape index (κ1) is 11.3. The van der Waals surface area contributed by atoms with Gasteiger partial charge in [0.05, 0.1) is 10.5 Å². The van der Waals surface area contributed by atoms with Crippen LogP contribution in [0.4, 0.5) is 4.39 Å². The predicted octanol–water partition coefficient (Wildman–Crippen LogP) is 2.05. The van der Waals surface area contributed by atoms with Crippen LogP contribution in [0.25, 0.3) is 0 Å². The third-order valence-electron chi connectivity index (χ3n) is 1.87. The van der Waals surface area contributed by atoms with Crippen molar-refractivity contribution in [2.75, 3.05) is 0 Å². The number of rotatable bonds is 3. The number of ketones is 1. The first-order chi connectivity index (χ1) is 6.50. The van der Waals surface area contributed by atoms with Crippen molar-refractivity contribution in [1.29, 1.82) is 0 Å². The molecule has 0 saturated heterocycles. The maximum Gasteiger partial charge on any atom is 0.153 e. The van der Waals surface area contributed by atoms with E-state index in [1.807, 2.05) is 0 Å². The minimum Gasteiger partial charge on any atom is -0.322 e. The highest BCUT2D eigenvalue weighted by molar-refractivity contribution is 9.10. The molecule has 14 heavy (non-hydrogen) atoms. The molecule has 0 aliphatic rings. The van der Waals surface area contributed by atoms with Crippen molar-refractivity contribution in [3.63, 3.8) is 0 Å². The molecular weight excluding hydrogens is 249 g/mol. The van der Waals surface area contributed by atoms with Crippen LogP contribution in [0.1, 0.15) is 12.5 Å². The van der Waals surface area contributed by atoms with Crippen molar-refractivity contribution >= 4 is 21.7 Å². The quantitative estimate of drug-likeness (QED) is 0.903. The van der Waals surface area contributed by atoms with Crippen LogP contribution in [-0.4, -0.2) is 11.8 Å². The first-order valence-corrected chi connectivity index (χ1v) is 5.02. The van der Waals surface area contributed by atoms with E-state index < -0.39 is 6.04 Å². The lowest BCUT2D eigenvalue weighted by molar-refractivity contribution is -0.119. The molecule has 1 aromatic carbocycles. The van der Waals surface area contributed by atoms with E-state index in [1.54, 1.807) is 19.1 Å². The van der Waals surface area contributed by atoms with Crippen LogP contribution >= 0.6 is 15.9 Å². The molecule has 4 heteroatoms. The monoisotopic (exact) mass is 259 g/mol. The zero-order valence-electron chi connectivity index (χ0n) is 7.76. The summed E-state index contributed by atoms with van der Waals surface area (Å²) in [4.78, 5) is 11.3. The van der Waals surface area contributed by atoms with Crippen molar-refractivity contribution < 1.29 is 9.18 Å². The molecule has 1 rings (SSSR count). The smallest absolute Gasteiger partial charge is 0.153 e. The second kappa shape index (κ2) is 4.66. The minimum atomic E-state index is -0.473. The average molecular weight is 260 g/mol. The van der Waals surface area contributed by atoms with Gasteiger partial charge in [-0.15, -0.1) is 0 Å². The number of hydrogen-bond donors (Lipinski definition) is 1. The van der Waals surface area contributed by atoms with Crippen LogP contribution in [0.2, 0.25) is 0 Å². The maximum atomic E-state index is 12.8. The maximum absolute atomic E-state index is 12.8. The number of carbonyl (C=O) groups is 1. The van der Waals surface area contributed by atoms with Gasteiger partial charge in [-0.1, -0.05) is 6.07 Å². The summed E-state index contributed by atoms with van der Waals surface area (Å²) >= 11 is 3.06. The van der Waals surface area contributed by atoms with Gasteiger partial charge in [0, 0.05) is 6.42 Å². The van der Waals surface area contributed by atoms with Gasteiger partial charge >= 0.3 is 0 Å². The van der Waals surface area contributed by atoms with Gasteiger partial charge in [0.15, 0.2) is 5.78 Å². The summed E-state index contributed by atoms with van der Waals surface area (Å²) in [6.07, 6.45) is 0.247. The van der Waals surface area contributed by atoms with Crippen molar-refractivity contribution in [2.45, 2.75) is 19.4 Å². The summed E-state index contributed by atoms with van der Waals surface area (Å²) in [5.41, 5.74) is 6.18. The van der Waals surface area contributed by atoms with Crippen molar-refractivity contribution in [1.82, 2.24) is 0 Å². The van der Waals surface area contributed by atoms with Gasteiger partial charge in [-0.2, -0.15) is 0 Å². The Morgan fingerprint density at radius 1 is 1.64 bits per heavy atom. The van der Waals surface area contributed by atoms with Gasteiger partial charge in [0.25, 0.3) is 0 Å². The normalized spacial score (nSPS) is 12.6. The summed E-state index contributed by atoms with van der Waals surface area (Å²) in [6.45, 7) is 1.64. The van der Waals surface area contributed by atoms with E-state index >= 15 is 0 Å². The van der Waals surface area contributed by atoms with Crippen LogP contribution in [0, 0.1) is 5.82 Å². The van der Waals surface area contributed by atoms with Gasteiger partial charge in [-0.3, -0.25) is 4.79 Å². The molecule has 0 saturated carbocycles. The van der Waals surface area contributed by atoms with Crippen LogP contribution in [-0.2, 0) is 11.2 Å². The molecule has 76 valence electrons. The molecule has 0 aliphatic carbocycles. The lowest BCUT2D eigenvalue weighted by Crippen LogP contribution is -2.28. The number of Topliss-reactive ketones (excluding diaryl/α,β-unsaturated/α-hetero) is 1. The Balaban J connectivity index is 2.78. The van der Waals surface area contributed by atoms with Crippen molar-refractivity contribution in [3.8, 4) is 0 Å². The fourth-order valence-electron chi connectivity index (χ4n) is 1.01. The van der Waals surface area contributed by atoms with Crippen LogP contribution < -0.4 is 5.73 Å². The summed E-state index contributed by atoms with van der Waals surface area (Å²) in [5.74, 6) is -0.384. The number of benzene rings is 1. The Bertz CT molecular complexity index is 352. The van der Waals surface area contributed by atoms with Crippen LogP contribution in [0.3, 0.4) is 0 Å². The summed E-state index contributed by atoms with van der Waals surface area (Å²) in [7, 11) is 0. The Morgan fingerprint density at radius 3 is 2.79 bits per heavy atom. The molecule has 0 fully saturated rings. The lowest BCUT2D eigenvalue weighted by Gasteiger charge is -2.04. The standard InChI is InChI=1S/C10H11BrFNO/c1-6(13)10(14)5-7-2-3-9(12)8(11)4-7/h2-4,6H,5,13H2,1H3. The van der Waals surface area contributed by atoms with E-state index in [9.17, 15) is 9.18 Å². The largest absolute Gasteiger partial charge is 0.322 e. The number of nitrogens with two attached hydrogens (primary N) is 1. The Morgan fingerprint density at radius 2 is 2.29 bits per heavy atom. The van der Waals surface area contributed by atoms with Gasteiger partial charge in [-0.05, 0) is 40.5 Å². The molecule has 0 aliphatic heterocycles. The molecule has 1 atom stereocenters. The van der Waals surface area contributed by atoms with Gasteiger partial charge in [0.1, 0.15) is 5.82 Å². The fraction of sp³-hybridized carbons (Fsp3) is 0.300. The number of halogens is 2. The number of hydrogen-bond acceptors (Lipinski definition) is 2. The average Bonchev–Trinajstić information content (AvgIpc) is 2.11. The fourth-order valence-corrected chi connectivity index (χ4v) is 1.44. The van der Waals surface area contributed by atoms with Crippen molar-refractivity contribution in [3.05, 3.63) is 34.1 Å². The molecule has 0 bridgehead atoms. The summed E-state index contributed by atoms with van der Waals surface area (Å²) < 4.78 is 13.2. The Labute approximate surface area is 90.4 Å². The SMILES string of the molecule is CC(N)C(=O)Cc1ccc(F)c(Br)c1. The zero-order valence-corrected chi connectivity index (χ0v) is 9.34. The second-order valence-electron chi connectivity index (χ2n) is 3.18. The highest BCUT2D eigenvalue weighted by Gasteiger charge is 2.09. The molecule has 0 heterocycles. The molecule has 0 aromatic heterocycles. The first-order valence-electron chi connectivity index (χ1n) is 4.23. The molecule has 0 spiro atoms. The van der Waals surface area contributed by atoms with E-state index in [0.717, 1.165) is 5.56 Å². The Kier molecular flexibility index (Phi) is 3.77. The van der Waals surface area contributed by atoms with Crippen LogP contribution in [0.5, 0.6) is 0 Å².